The van der Waals surface area contributed by atoms with Crippen LogP contribution < -0.4 is 0 Å². The fourth-order valence-electron chi connectivity index (χ4n) is 3.06. The van der Waals surface area contributed by atoms with E-state index in [0.717, 1.165) is 35.9 Å². The Morgan fingerprint density at radius 3 is 2.76 bits per heavy atom. The summed E-state index contributed by atoms with van der Waals surface area (Å²) in [5.74, 6) is -0.110. The SMILES string of the molecule is Fc1ccc(F)c(CN2CCc3nc(-c4ccncc4)ncc3C2)c1. The van der Waals surface area contributed by atoms with E-state index in [2.05, 4.69) is 19.9 Å². The Bertz CT molecular complexity index is 899. The third kappa shape index (κ3) is 3.39. The zero-order valence-electron chi connectivity index (χ0n) is 13.5. The Labute approximate surface area is 144 Å². The summed E-state index contributed by atoms with van der Waals surface area (Å²) in [6.45, 7) is 1.74. The zero-order chi connectivity index (χ0) is 17.2. The molecule has 0 saturated carbocycles. The first-order chi connectivity index (χ1) is 12.2. The smallest absolute Gasteiger partial charge is 0.159 e. The number of hydrogen-bond donors (Lipinski definition) is 0. The summed E-state index contributed by atoms with van der Waals surface area (Å²) in [7, 11) is 0. The van der Waals surface area contributed by atoms with Crippen molar-refractivity contribution in [1.29, 1.82) is 0 Å². The molecule has 0 bridgehead atoms. The van der Waals surface area contributed by atoms with Crippen molar-refractivity contribution in [1.82, 2.24) is 19.9 Å². The van der Waals surface area contributed by atoms with Gasteiger partial charge in [0.1, 0.15) is 11.6 Å². The summed E-state index contributed by atoms with van der Waals surface area (Å²) in [6.07, 6.45) is 6.01. The highest BCUT2D eigenvalue weighted by Gasteiger charge is 2.20. The zero-order valence-corrected chi connectivity index (χ0v) is 13.5. The van der Waals surface area contributed by atoms with Crippen LogP contribution in [0, 0.1) is 11.6 Å². The average Bonchev–Trinajstić information content (AvgIpc) is 2.65. The maximum atomic E-state index is 13.8. The van der Waals surface area contributed by atoms with E-state index in [0.29, 0.717) is 24.5 Å². The molecule has 0 saturated heterocycles. The molecule has 0 amide bonds. The molecule has 3 aromatic rings. The fourth-order valence-corrected chi connectivity index (χ4v) is 3.06. The van der Waals surface area contributed by atoms with Gasteiger partial charge in [-0.15, -0.1) is 0 Å². The maximum Gasteiger partial charge on any atom is 0.159 e. The number of aromatic nitrogens is 3. The van der Waals surface area contributed by atoms with Crippen LogP contribution in [0.3, 0.4) is 0 Å². The van der Waals surface area contributed by atoms with Gasteiger partial charge in [-0.25, -0.2) is 18.7 Å². The first-order valence-electron chi connectivity index (χ1n) is 8.10. The van der Waals surface area contributed by atoms with Crippen molar-refractivity contribution < 1.29 is 8.78 Å². The molecular formula is C19H16F2N4. The Balaban J connectivity index is 1.53. The summed E-state index contributed by atoms with van der Waals surface area (Å²) in [6, 6.07) is 7.33. The largest absolute Gasteiger partial charge is 0.294 e. The predicted molar refractivity (Wildman–Crippen MR) is 89.4 cm³/mol. The normalized spacial score (nSPS) is 14.3. The molecule has 1 aromatic carbocycles. The van der Waals surface area contributed by atoms with Crippen LogP contribution in [0.1, 0.15) is 16.8 Å². The van der Waals surface area contributed by atoms with Crippen LogP contribution in [-0.4, -0.2) is 26.4 Å². The van der Waals surface area contributed by atoms with E-state index in [1.54, 1.807) is 12.4 Å². The van der Waals surface area contributed by atoms with Crippen molar-refractivity contribution in [3.63, 3.8) is 0 Å². The van der Waals surface area contributed by atoms with Gasteiger partial charge in [0, 0.05) is 61.3 Å². The summed E-state index contributed by atoms with van der Waals surface area (Å²) in [5.41, 5.74) is 3.35. The first kappa shape index (κ1) is 15.8. The molecule has 1 aliphatic heterocycles. The number of hydrogen-bond acceptors (Lipinski definition) is 4. The van der Waals surface area contributed by atoms with E-state index in [9.17, 15) is 8.78 Å². The van der Waals surface area contributed by atoms with Crippen LogP contribution in [0.25, 0.3) is 11.4 Å². The highest BCUT2D eigenvalue weighted by atomic mass is 19.1. The molecule has 4 rings (SSSR count). The molecule has 0 atom stereocenters. The molecule has 2 aromatic heterocycles. The quantitative estimate of drug-likeness (QED) is 0.734. The fraction of sp³-hybridized carbons (Fsp3) is 0.211. The molecule has 1 aliphatic rings. The topological polar surface area (TPSA) is 41.9 Å². The lowest BCUT2D eigenvalue weighted by Crippen LogP contribution is -2.31. The molecule has 0 radical (unpaired) electrons. The van der Waals surface area contributed by atoms with E-state index in [1.807, 2.05) is 18.3 Å². The highest BCUT2D eigenvalue weighted by molar-refractivity contribution is 5.54. The summed E-state index contributed by atoms with van der Waals surface area (Å²) < 4.78 is 27.2. The molecule has 0 fully saturated rings. The van der Waals surface area contributed by atoms with Crippen molar-refractivity contribution in [3.05, 3.63) is 77.4 Å². The number of rotatable bonds is 3. The molecule has 0 aliphatic carbocycles. The lowest BCUT2D eigenvalue weighted by molar-refractivity contribution is 0.239. The molecule has 25 heavy (non-hydrogen) atoms. The van der Waals surface area contributed by atoms with Gasteiger partial charge in [-0.2, -0.15) is 0 Å². The van der Waals surface area contributed by atoms with Crippen LogP contribution in [0.5, 0.6) is 0 Å². The van der Waals surface area contributed by atoms with Gasteiger partial charge >= 0.3 is 0 Å². The van der Waals surface area contributed by atoms with Gasteiger partial charge in [-0.05, 0) is 30.3 Å². The third-order valence-corrected chi connectivity index (χ3v) is 4.35. The minimum absolute atomic E-state index is 0.370. The Kier molecular flexibility index (Phi) is 4.19. The van der Waals surface area contributed by atoms with E-state index in [1.165, 1.54) is 12.1 Å². The van der Waals surface area contributed by atoms with Gasteiger partial charge in [0.2, 0.25) is 0 Å². The minimum Gasteiger partial charge on any atom is -0.294 e. The van der Waals surface area contributed by atoms with Crippen molar-refractivity contribution in [2.75, 3.05) is 6.54 Å². The highest BCUT2D eigenvalue weighted by Crippen LogP contribution is 2.22. The van der Waals surface area contributed by atoms with Gasteiger partial charge in [0.15, 0.2) is 5.82 Å². The van der Waals surface area contributed by atoms with Crippen molar-refractivity contribution >= 4 is 0 Å². The Morgan fingerprint density at radius 1 is 1.08 bits per heavy atom. The van der Waals surface area contributed by atoms with E-state index in [4.69, 9.17) is 0 Å². The molecule has 4 nitrogen and oxygen atoms in total. The molecule has 0 N–H and O–H groups in total. The van der Waals surface area contributed by atoms with Gasteiger partial charge < -0.3 is 0 Å². The molecule has 0 spiro atoms. The van der Waals surface area contributed by atoms with Crippen molar-refractivity contribution in [3.8, 4) is 11.4 Å². The minimum atomic E-state index is -0.417. The first-order valence-corrected chi connectivity index (χ1v) is 8.10. The van der Waals surface area contributed by atoms with Crippen LogP contribution in [0.2, 0.25) is 0 Å². The van der Waals surface area contributed by atoms with Gasteiger partial charge in [0.25, 0.3) is 0 Å². The van der Waals surface area contributed by atoms with Gasteiger partial charge in [-0.3, -0.25) is 9.88 Å². The van der Waals surface area contributed by atoms with E-state index >= 15 is 0 Å². The number of halogens is 2. The maximum absolute atomic E-state index is 13.8. The summed E-state index contributed by atoms with van der Waals surface area (Å²) in [5, 5.41) is 0. The van der Waals surface area contributed by atoms with Crippen LogP contribution in [0.4, 0.5) is 8.78 Å². The second-order valence-corrected chi connectivity index (χ2v) is 6.10. The van der Waals surface area contributed by atoms with Crippen LogP contribution in [-0.2, 0) is 19.5 Å². The van der Waals surface area contributed by atoms with Gasteiger partial charge in [-0.1, -0.05) is 0 Å². The molecule has 126 valence electrons. The number of pyridine rings is 1. The molecule has 0 unspecified atom stereocenters. The van der Waals surface area contributed by atoms with E-state index in [-0.39, 0.29) is 5.82 Å². The molecule has 3 heterocycles. The number of nitrogens with zero attached hydrogens (tertiary/aromatic N) is 4. The Morgan fingerprint density at radius 2 is 1.92 bits per heavy atom. The van der Waals surface area contributed by atoms with Crippen LogP contribution >= 0.6 is 0 Å². The lowest BCUT2D eigenvalue weighted by atomic mass is 10.1. The predicted octanol–water partition coefficient (Wildman–Crippen LogP) is 3.38. The average molecular weight is 338 g/mol. The van der Waals surface area contributed by atoms with Crippen molar-refractivity contribution in [2.45, 2.75) is 19.5 Å². The number of benzene rings is 1. The lowest BCUT2D eigenvalue weighted by Gasteiger charge is -2.28. The Hall–Kier alpha value is -2.73. The standard InChI is InChI=1S/C19H16F2N4/c20-16-1-2-17(21)14(9-16)11-25-8-5-18-15(12-25)10-23-19(24-18)13-3-6-22-7-4-13/h1-4,6-7,9-10H,5,8,11-12H2. The van der Waals surface area contributed by atoms with E-state index < -0.39 is 5.82 Å². The monoisotopic (exact) mass is 338 g/mol. The summed E-state index contributed by atoms with van der Waals surface area (Å²) >= 11 is 0. The summed E-state index contributed by atoms with van der Waals surface area (Å²) in [4.78, 5) is 15.2. The van der Waals surface area contributed by atoms with Crippen LogP contribution in [0.15, 0.2) is 48.9 Å². The second-order valence-electron chi connectivity index (χ2n) is 6.10. The van der Waals surface area contributed by atoms with Gasteiger partial charge in [0.05, 0.1) is 5.69 Å². The molecule has 6 heteroatoms. The number of fused-ring (bicyclic) bond motifs is 1. The second kappa shape index (κ2) is 6.64. The molecular weight excluding hydrogens is 322 g/mol. The third-order valence-electron chi connectivity index (χ3n) is 4.35. The van der Waals surface area contributed by atoms with Crippen molar-refractivity contribution in [2.24, 2.45) is 0 Å².